The molecule has 0 unspecified atom stereocenters. The highest BCUT2D eigenvalue weighted by molar-refractivity contribution is 6.04. The molecule has 0 aliphatic heterocycles. The van der Waals surface area contributed by atoms with Gasteiger partial charge in [0.2, 0.25) is 0 Å². The van der Waals surface area contributed by atoms with Crippen molar-refractivity contribution in [2.24, 2.45) is 0 Å². The van der Waals surface area contributed by atoms with Crippen molar-refractivity contribution in [2.45, 2.75) is 117 Å². The van der Waals surface area contributed by atoms with Gasteiger partial charge < -0.3 is 14.8 Å². The minimum absolute atomic E-state index is 0.221. The summed E-state index contributed by atoms with van der Waals surface area (Å²) in [4.78, 5) is 23.4. The first kappa shape index (κ1) is 31.4. The standard InChI is InChI=1S/C33H49NO4/c1-3-4-5-6-7-8-9-10-11-12-13-14-15-16-17-18-27-37-31-25-21-30(22-26-31)34-33(36)29-19-23-32(24-20-29)38-28(2)35/h19-26H,3-18,27H2,1-2H3,(H,34,36). The Morgan fingerprint density at radius 1 is 0.605 bits per heavy atom. The van der Waals surface area contributed by atoms with E-state index in [-0.39, 0.29) is 11.9 Å². The van der Waals surface area contributed by atoms with Crippen LogP contribution in [0, 0.1) is 0 Å². The number of carbonyl (C=O) groups is 2. The second-order valence-electron chi connectivity index (χ2n) is 10.2. The number of amides is 1. The van der Waals surface area contributed by atoms with Crippen molar-refractivity contribution in [3.05, 3.63) is 54.1 Å². The molecule has 0 heterocycles. The first-order chi connectivity index (χ1) is 18.6. The molecule has 1 N–H and O–H groups in total. The number of hydrogen-bond acceptors (Lipinski definition) is 4. The van der Waals surface area contributed by atoms with Gasteiger partial charge in [-0.2, -0.15) is 0 Å². The molecule has 5 heteroatoms. The van der Waals surface area contributed by atoms with E-state index in [0.717, 1.165) is 18.8 Å². The highest BCUT2D eigenvalue weighted by Gasteiger charge is 2.07. The van der Waals surface area contributed by atoms with Gasteiger partial charge in [0.1, 0.15) is 11.5 Å². The molecular weight excluding hydrogens is 474 g/mol. The maximum atomic E-state index is 12.4. The lowest BCUT2D eigenvalue weighted by Crippen LogP contribution is -2.12. The number of anilines is 1. The van der Waals surface area contributed by atoms with E-state index in [1.165, 1.54) is 103 Å². The summed E-state index contributed by atoms with van der Waals surface area (Å²) in [5, 5.41) is 2.87. The summed E-state index contributed by atoms with van der Waals surface area (Å²) in [5.74, 6) is 0.620. The van der Waals surface area contributed by atoms with Gasteiger partial charge in [0.05, 0.1) is 6.61 Å². The number of unbranched alkanes of at least 4 members (excludes halogenated alkanes) is 15. The molecule has 0 saturated heterocycles. The Morgan fingerprint density at radius 3 is 1.53 bits per heavy atom. The van der Waals surface area contributed by atoms with E-state index >= 15 is 0 Å². The molecule has 38 heavy (non-hydrogen) atoms. The molecule has 5 nitrogen and oxygen atoms in total. The van der Waals surface area contributed by atoms with Gasteiger partial charge >= 0.3 is 5.97 Å². The smallest absolute Gasteiger partial charge is 0.308 e. The van der Waals surface area contributed by atoms with Crippen LogP contribution in [-0.4, -0.2) is 18.5 Å². The number of esters is 1. The van der Waals surface area contributed by atoms with Gasteiger partial charge in [-0.1, -0.05) is 103 Å². The van der Waals surface area contributed by atoms with E-state index in [1.807, 2.05) is 24.3 Å². The van der Waals surface area contributed by atoms with Crippen LogP contribution in [0.3, 0.4) is 0 Å². The normalized spacial score (nSPS) is 10.8. The van der Waals surface area contributed by atoms with Crippen LogP contribution in [0.5, 0.6) is 11.5 Å². The fourth-order valence-electron chi connectivity index (χ4n) is 4.52. The molecule has 0 aliphatic rings. The summed E-state index contributed by atoms with van der Waals surface area (Å²) in [6, 6.07) is 13.9. The third-order valence-corrected chi connectivity index (χ3v) is 6.76. The molecule has 0 aromatic heterocycles. The number of benzene rings is 2. The molecular formula is C33H49NO4. The Labute approximate surface area is 230 Å². The van der Waals surface area contributed by atoms with E-state index in [9.17, 15) is 9.59 Å². The summed E-state index contributed by atoms with van der Waals surface area (Å²) < 4.78 is 10.9. The van der Waals surface area contributed by atoms with Crippen molar-refractivity contribution in [1.29, 1.82) is 0 Å². The number of nitrogens with one attached hydrogen (secondary N) is 1. The molecule has 0 fully saturated rings. The second-order valence-corrected chi connectivity index (χ2v) is 10.2. The van der Waals surface area contributed by atoms with Crippen molar-refractivity contribution < 1.29 is 19.1 Å². The summed E-state index contributed by atoms with van der Waals surface area (Å²) in [5.41, 5.74) is 1.19. The third-order valence-electron chi connectivity index (χ3n) is 6.76. The highest BCUT2D eigenvalue weighted by atomic mass is 16.5. The molecule has 0 radical (unpaired) electrons. The van der Waals surface area contributed by atoms with E-state index in [2.05, 4.69) is 12.2 Å². The largest absolute Gasteiger partial charge is 0.494 e. The summed E-state index contributed by atoms with van der Waals surface area (Å²) in [7, 11) is 0. The molecule has 0 atom stereocenters. The van der Waals surface area contributed by atoms with Gasteiger partial charge in [0, 0.05) is 18.2 Å². The fraction of sp³-hybridized carbons (Fsp3) is 0.576. The van der Waals surface area contributed by atoms with E-state index in [1.54, 1.807) is 24.3 Å². The predicted molar refractivity (Wildman–Crippen MR) is 157 cm³/mol. The minimum Gasteiger partial charge on any atom is -0.494 e. The molecule has 2 rings (SSSR count). The number of ether oxygens (including phenoxy) is 2. The van der Waals surface area contributed by atoms with Crippen LogP contribution in [0.15, 0.2) is 48.5 Å². The number of hydrogen-bond donors (Lipinski definition) is 1. The zero-order valence-corrected chi connectivity index (χ0v) is 23.8. The Kier molecular flexibility index (Phi) is 16.7. The third kappa shape index (κ3) is 14.8. The summed E-state index contributed by atoms with van der Waals surface area (Å²) in [6.07, 6.45) is 21.8. The molecule has 2 aromatic carbocycles. The van der Waals surface area contributed by atoms with Crippen LogP contribution in [0.1, 0.15) is 127 Å². The maximum absolute atomic E-state index is 12.4. The van der Waals surface area contributed by atoms with Crippen LogP contribution >= 0.6 is 0 Å². The van der Waals surface area contributed by atoms with Gasteiger partial charge in [-0.05, 0) is 55.0 Å². The number of carbonyl (C=O) groups excluding carboxylic acids is 2. The van der Waals surface area contributed by atoms with Gasteiger partial charge in [-0.15, -0.1) is 0 Å². The topological polar surface area (TPSA) is 64.6 Å². The van der Waals surface area contributed by atoms with Crippen LogP contribution in [0.25, 0.3) is 0 Å². The molecule has 0 spiro atoms. The van der Waals surface area contributed by atoms with Crippen LogP contribution in [0.2, 0.25) is 0 Å². The van der Waals surface area contributed by atoms with E-state index < -0.39 is 0 Å². The molecule has 0 bridgehead atoms. The van der Waals surface area contributed by atoms with Gasteiger partial charge in [-0.25, -0.2) is 0 Å². The Hall–Kier alpha value is -2.82. The van der Waals surface area contributed by atoms with Gasteiger partial charge in [-0.3, -0.25) is 9.59 Å². The minimum atomic E-state index is -0.390. The average Bonchev–Trinajstić information content (AvgIpc) is 2.91. The Morgan fingerprint density at radius 2 is 1.05 bits per heavy atom. The summed E-state index contributed by atoms with van der Waals surface area (Å²) >= 11 is 0. The number of rotatable bonds is 21. The molecule has 0 saturated carbocycles. The van der Waals surface area contributed by atoms with Crippen molar-refractivity contribution >= 4 is 17.6 Å². The summed E-state index contributed by atoms with van der Waals surface area (Å²) in [6.45, 7) is 4.34. The maximum Gasteiger partial charge on any atom is 0.308 e. The Balaban J connectivity index is 1.45. The van der Waals surface area contributed by atoms with Crippen molar-refractivity contribution in [2.75, 3.05) is 11.9 Å². The average molecular weight is 524 g/mol. The molecule has 1 amide bonds. The first-order valence-corrected chi connectivity index (χ1v) is 14.9. The van der Waals surface area contributed by atoms with Crippen molar-refractivity contribution in [1.82, 2.24) is 0 Å². The second kappa shape index (κ2) is 20.2. The molecule has 2 aromatic rings. The molecule has 0 aliphatic carbocycles. The highest BCUT2D eigenvalue weighted by Crippen LogP contribution is 2.19. The van der Waals surface area contributed by atoms with E-state index in [0.29, 0.717) is 17.0 Å². The fourth-order valence-corrected chi connectivity index (χ4v) is 4.52. The van der Waals surface area contributed by atoms with Crippen LogP contribution < -0.4 is 14.8 Å². The van der Waals surface area contributed by atoms with Crippen LogP contribution in [0.4, 0.5) is 5.69 Å². The lowest BCUT2D eigenvalue weighted by atomic mass is 10.0. The quantitative estimate of drug-likeness (QED) is 0.100. The lowest BCUT2D eigenvalue weighted by molar-refractivity contribution is -0.131. The lowest BCUT2D eigenvalue weighted by Gasteiger charge is -2.09. The van der Waals surface area contributed by atoms with Crippen LogP contribution in [-0.2, 0) is 4.79 Å². The Bertz CT molecular complexity index is 892. The van der Waals surface area contributed by atoms with Crippen molar-refractivity contribution in [3.8, 4) is 11.5 Å². The molecule has 210 valence electrons. The first-order valence-electron chi connectivity index (χ1n) is 14.9. The zero-order chi connectivity index (χ0) is 27.3. The SMILES string of the molecule is CCCCCCCCCCCCCCCCCCOc1ccc(NC(=O)c2ccc(OC(C)=O)cc2)cc1. The zero-order valence-electron chi connectivity index (χ0n) is 23.8. The van der Waals surface area contributed by atoms with Gasteiger partial charge in [0.25, 0.3) is 5.91 Å². The van der Waals surface area contributed by atoms with E-state index in [4.69, 9.17) is 9.47 Å². The predicted octanol–water partition coefficient (Wildman–Crippen LogP) is 9.50. The monoisotopic (exact) mass is 523 g/mol. The van der Waals surface area contributed by atoms with Gasteiger partial charge in [0.15, 0.2) is 0 Å². The van der Waals surface area contributed by atoms with Crippen molar-refractivity contribution in [3.63, 3.8) is 0 Å².